The quantitative estimate of drug-likeness (QED) is 0.366. The molecule has 2 N–H and O–H groups in total. The summed E-state index contributed by atoms with van der Waals surface area (Å²) in [5.74, 6) is 0.0372. The average molecular weight is 477 g/mol. The molecular weight excluding hydrogens is 452 g/mol. The summed E-state index contributed by atoms with van der Waals surface area (Å²) in [5, 5.41) is 15.8. The summed E-state index contributed by atoms with van der Waals surface area (Å²) in [6.45, 7) is 0.650. The maximum absolute atomic E-state index is 12.9. The molecule has 0 aromatic heterocycles. The number of nitrogens with one attached hydrogen (secondary N) is 1. The van der Waals surface area contributed by atoms with Crippen molar-refractivity contribution in [3.63, 3.8) is 0 Å². The molecule has 1 atom stereocenters. The third kappa shape index (κ3) is 3.81. The van der Waals surface area contributed by atoms with Crippen molar-refractivity contribution >= 4 is 43.7 Å². The first-order chi connectivity index (χ1) is 15.9. The van der Waals surface area contributed by atoms with Crippen LogP contribution in [0, 0.1) is 0 Å². The number of benzene rings is 4. The smallest absolute Gasteiger partial charge is 0.206 e. The van der Waals surface area contributed by atoms with E-state index >= 15 is 0 Å². The normalized spacial score (nSPS) is 14.9. The van der Waals surface area contributed by atoms with Crippen LogP contribution in [0.15, 0.2) is 88.7 Å². The molecular formula is C26H24N2O3S2. The van der Waals surface area contributed by atoms with Crippen molar-refractivity contribution in [1.82, 2.24) is 0 Å². The molecule has 0 fully saturated rings. The average Bonchev–Trinajstić information content (AvgIpc) is 3.19. The van der Waals surface area contributed by atoms with E-state index in [0.29, 0.717) is 6.54 Å². The monoisotopic (exact) mass is 476 g/mol. The minimum absolute atomic E-state index is 0.0372. The topological polar surface area (TPSA) is 69.6 Å². The van der Waals surface area contributed by atoms with Crippen LogP contribution in [-0.2, 0) is 16.4 Å². The van der Waals surface area contributed by atoms with Gasteiger partial charge in [0.25, 0.3) is 0 Å². The van der Waals surface area contributed by atoms with E-state index in [2.05, 4.69) is 53.9 Å². The SMILES string of the molecule is CSC1Nc2ccc(N(C)Cc3ccc(S(=O)(=O)c4ccc(O)cc4)cc3)c3cccc1c23. The Hall–Kier alpha value is -3.16. The molecule has 0 aliphatic carbocycles. The van der Waals surface area contributed by atoms with Crippen molar-refractivity contribution in [3.8, 4) is 5.75 Å². The Morgan fingerprint density at radius 2 is 1.61 bits per heavy atom. The Balaban J connectivity index is 1.41. The number of thioether (sulfide) groups is 1. The molecule has 4 aromatic carbocycles. The number of rotatable bonds is 6. The second-order valence-corrected chi connectivity index (χ2v) is 11.1. The summed E-state index contributed by atoms with van der Waals surface area (Å²) < 4.78 is 25.7. The van der Waals surface area contributed by atoms with Crippen molar-refractivity contribution in [1.29, 1.82) is 0 Å². The number of hydrogen-bond acceptors (Lipinski definition) is 6. The second-order valence-electron chi connectivity index (χ2n) is 8.16. The number of sulfone groups is 1. The fraction of sp³-hybridized carbons (Fsp3) is 0.154. The van der Waals surface area contributed by atoms with E-state index in [4.69, 9.17) is 0 Å². The molecule has 0 saturated heterocycles. The highest BCUT2D eigenvalue weighted by Crippen LogP contribution is 2.46. The highest BCUT2D eigenvalue weighted by molar-refractivity contribution is 7.99. The molecule has 1 aliphatic heterocycles. The highest BCUT2D eigenvalue weighted by atomic mass is 32.2. The molecule has 33 heavy (non-hydrogen) atoms. The molecule has 0 spiro atoms. The van der Waals surface area contributed by atoms with Crippen molar-refractivity contribution in [2.24, 2.45) is 0 Å². The molecule has 1 heterocycles. The fourth-order valence-corrected chi connectivity index (χ4v) is 6.35. The number of hydrogen-bond donors (Lipinski definition) is 2. The molecule has 4 aromatic rings. The molecule has 1 aliphatic rings. The predicted octanol–water partition coefficient (Wildman–Crippen LogP) is 5.80. The van der Waals surface area contributed by atoms with Crippen LogP contribution in [-0.4, -0.2) is 26.8 Å². The van der Waals surface area contributed by atoms with Crippen LogP contribution in [0.2, 0.25) is 0 Å². The first-order valence-electron chi connectivity index (χ1n) is 10.6. The molecule has 0 amide bonds. The lowest BCUT2D eigenvalue weighted by molar-refractivity contribution is 0.475. The lowest BCUT2D eigenvalue weighted by Gasteiger charge is -2.22. The van der Waals surface area contributed by atoms with Gasteiger partial charge in [0, 0.05) is 35.7 Å². The number of phenols is 1. The fourth-order valence-electron chi connectivity index (χ4n) is 4.39. The molecule has 1 unspecified atom stereocenters. The van der Waals surface area contributed by atoms with E-state index in [1.807, 2.05) is 12.1 Å². The van der Waals surface area contributed by atoms with Gasteiger partial charge in [-0.15, -0.1) is 11.8 Å². The zero-order chi connectivity index (χ0) is 23.2. The Morgan fingerprint density at radius 3 is 2.27 bits per heavy atom. The van der Waals surface area contributed by atoms with E-state index < -0.39 is 9.84 Å². The molecule has 5 nitrogen and oxygen atoms in total. The lowest BCUT2D eigenvalue weighted by atomic mass is 10.0. The van der Waals surface area contributed by atoms with Crippen LogP contribution in [0.4, 0.5) is 11.4 Å². The Kier molecular flexibility index (Phi) is 5.46. The van der Waals surface area contributed by atoms with Gasteiger partial charge in [-0.05, 0) is 65.9 Å². The summed E-state index contributed by atoms with van der Waals surface area (Å²) in [5.41, 5.74) is 4.64. The molecule has 7 heteroatoms. The van der Waals surface area contributed by atoms with Gasteiger partial charge in [0.15, 0.2) is 0 Å². The third-order valence-corrected chi connectivity index (χ3v) is 8.70. The van der Waals surface area contributed by atoms with Gasteiger partial charge in [0.1, 0.15) is 5.75 Å². The Morgan fingerprint density at radius 1 is 0.939 bits per heavy atom. The largest absolute Gasteiger partial charge is 0.508 e. The van der Waals surface area contributed by atoms with Gasteiger partial charge < -0.3 is 15.3 Å². The van der Waals surface area contributed by atoms with Crippen molar-refractivity contribution in [3.05, 3.63) is 90.0 Å². The second kappa shape index (κ2) is 8.32. The van der Waals surface area contributed by atoms with Crippen LogP contribution in [0.1, 0.15) is 16.5 Å². The maximum Gasteiger partial charge on any atom is 0.206 e. The van der Waals surface area contributed by atoms with Crippen LogP contribution in [0.25, 0.3) is 10.8 Å². The summed E-state index contributed by atoms with van der Waals surface area (Å²) >= 11 is 1.80. The molecule has 0 radical (unpaired) electrons. The number of aromatic hydroxyl groups is 1. The minimum Gasteiger partial charge on any atom is -0.508 e. The van der Waals surface area contributed by atoms with Gasteiger partial charge in [-0.1, -0.05) is 30.3 Å². The number of nitrogens with zero attached hydrogens (tertiary/aromatic N) is 1. The maximum atomic E-state index is 12.9. The highest BCUT2D eigenvalue weighted by Gasteiger charge is 2.24. The standard InChI is InChI=1S/C26H24N2O3S2/c1-28(24-15-14-23-25-21(24)4-3-5-22(25)26(27-23)32-2)16-17-6-10-19(11-7-17)33(30,31)20-12-8-18(29)9-13-20/h3-15,26-27,29H,16H2,1-2H3. The molecule has 168 valence electrons. The van der Waals surface area contributed by atoms with Gasteiger partial charge in [-0.2, -0.15) is 0 Å². The van der Waals surface area contributed by atoms with Crippen LogP contribution in [0.5, 0.6) is 5.75 Å². The minimum atomic E-state index is -3.63. The predicted molar refractivity (Wildman–Crippen MR) is 136 cm³/mol. The van der Waals surface area contributed by atoms with Crippen LogP contribution in [0.3, 0.4) is 0 Å². The summed E-state index contributed by atoms with van der Waals surface area (Å²) in [7, 11) is -1.57. The Labute approximate surface area is 198 Å². The van der Waals surface area contributed by atoms with Crippen molar-refractivity contribution in [2.75, 3.05) is 23.5 Å². The molecule has 5 rings (SSSR count). The van der Waals surface area contributed by atoms with Gasteiger partial charge in [0.05, 0.1) is 15.2 Å². The van der Waals surface area contributed by atoms with E-state index in [1.165, 1.54) is 46.3 Å². The zero-order valence-corrected chi connectivity index (χ0v) is 20.0. The van der Waals surface area contributed by atoms with Crippen LogP contribution < -0.4 is 10.2 Å². The summed E-state index contributed by atoms with van der Waals surface area (Å²) in [6.07, 6.45) is 2.11. The first-order valence-corrected chi connectivity index (χ1v) is 13.3. The summed E-state index contributed by atoms with van der Waals surface area (Å²) in [6, 6.07) is 23.3. The number of anilines is 2. The van der Waals surface area contributed by atoms with Gasteiger partial charge in [0.2, 0.25) is 9.84 Å². The number of phenolic OH excluding ortho intramolecular Hbond substituents is 1. The van der Waals surface area contributed by atoms with Crippen molar-refractivity contribution < 1.29 is 13.5 Å². The Bertz CT molecular complexity index is 1430. The zero-order valence-electron chi connectivity index (χ0n) is 18.3. The van der Waals surface area contributed by atoms with Crippen molar-refractivity contribution in [2.45, 2.75) is 21.7 Å². The molecule has 0 saturated carbocycles. The van der Waals surface area contributed by atoms with Gasteiger partial charge >= 0.3 is 0 Å². The van der Waals surface area contributed by atoms with E-state index in [0.717, 1.165) is 11.3 Å². The van der Waals surface area contributed by atoms with E-state index in [1.54, 1.807) is 23.9 Å². The summed E-state index contributed by atoms with van der Waals surface area (Å²) in [4.78, 5) is 2.59. The van der Waals surface area contributed by atoms with E-state index in [9.17, 15) is 13.5 Å². The van der Waals surface area contributed by atoms with E-state index in [-0.39, 0.29) is 20.9 Å². The van der Waals surface area contributed by atoms with Crippen LogP contribution >= 0.6 is 11.8 Å². The lowest BCUT2D eigenvalue weighted by Crippen LogP contribution is -2.16. The molecule has 0 bridgehead atoms. The first kappa shape index (κ1) is 21.7. The van der Waals surface area contributed by atoms with Gasteiger partial charge in [-0.25, -0.2) is 8.42 Å². The van der Waals surface area contributed by atoms with Gasteiger partial charge in [-0.3, -0.25) is 0 Å². The third-order valence-electron chi connectivity index (χ3n) is 6.07.